The van der Waals surface area contributed by atoms with E-state index in [1.165, 1.54) is 29.5 Å². The van der Waals surface area contributed by atoms with Crippen LogP contribution in [0.5, 0.6) is 5.75 Å². The number of methoxy groups -OCH3 is 1. The van der Waals surface area contributed by atoms with Crippen LogP contribution in [-0.2, 0) is 5.75 Å². The third-order valence-corrected chi connectivity index (χ3v) is 6.08. The zero-order chi connectivity index (χ0) is 23.1. The summed E-state index contributed by atoms with van der Waals surface area (Å²) in [6.45, 7) is 0. The molecule has 0 amide bonds. The fourth-order valence-electron chi connectivity index (χ4n) is 3.42. The third kappa shape index (κ3) is 3.81. The molecule has 10 nitrogen and oxygen atoms in total. The van der Waals surface area contributed by atoms with Gasteiger partial charge in [-0.3, -0.25) is 19.3 Å². The van der Waals surface area contributed by atoms with Gasteiger partial charge in [0.25, 0.3) is 16.9 Å². The molecular weight excluding hydrogens is 466 g/mol. The molecule has 0 radical (unpaired) electrons. The predicted octanol–water partition coefficient (Wildman–Crippen LogP) is 2.65. The lowest BCUT2D eigenvalue weighted by Crippen LogP contribution is -2.22. The maximum Gasteiger partial charge on any atom is 0.274 e. The Kier molecular flexibility index (Phi) is 5.27. The number of aromatic amines is 1. The Morgan fingerprint density at radius 2 is 1.94 bits per heavy atom. The summed E-state index contributed by atoms with van der Waals surface area (Å²) in [6, 6.07) is 13.5. The number of nitrogens with two attached hydrogens (primary N) is 1. The summed E-state index contributed by atoms with van der Waals surface area (Å²) in [5, 5.41) is 3.90. The van der Waals surface area contributed by atoms with Gasteiger partial charge in [0.15, 0.2) is 5.16 Å². The molecule has 12 heteroatoms. The van der Waals surface area contributed by atoms with E-state index in [0.29, 0.717) is 38.2 Å². The largest absolute Gasteiger partial charge is 0.495 e. The van der Waals surface area contributed by atoms with Crippen LogP contribution in [0, 0.1) is 0 Å². The Morgan fingerprint density at radius 1 is 1.12 bits per heavy atom. The average Bonchev–Trinajstić information content (AvgIpc) is 3.18. The molecule has 3 heterocycles. The van der Waals surface area contributed by atoms with Crippen molar-refractivity contribution in [2.24, 2.45) is 0 Å². The van der Waals surface area contributed by atoms with Gasteiger partial charge in [-0.05, 0) is 30.3 Å². The minimum absolute atomic E-state index is 0.0856. The minimum atomic E-state index is -0.347. The maximum absolute atomic E-state index is 13.5. The Balaban J connectivity index is 1.65. The SMILES string of the molecule is COc1ccccc1-n1c(SCc2cc(=O)n3[nH]c(N)nc3n2)nc2cc(Cl)ccc2c1=O. The average molecular weight is 482 g/mol. The molecule has 33 heavy (non-hydrogen) atoms. The Morgan fingerprint density at radius 3 is 2.76 bits per heavy atom. The van der Waals surface area contributed by atoms with Gasteiger partial charge in [-0.1, -0.05) is 35.5 Å². The van der Waals surface area contributed by atoms with Crippen molar-refractivity contribution < 1.29 is 4.74 Å². The van der Waals surface area contributed by atoms with E-state index < -0.39 is 0 Å². The molecule has 5 rings (SSSR count). The van der Waals surface area contributed by atoms with Crippen molar-refractivity contribution in [3.8, 4) is 11.4 Å². The van der Waals surface area contributed by atoms with Crippen LogP contribution in [0.15, 0.2) is 63.3 Å². The number of hydrogen-bond donors (Lipinski definition) is 2. The highest BCUT2D eigenvalue weighted by atomic mass is 35.5. The van der Waals surface area contributed by atoms with Gasteiger partial charge < -0.3 is 10.5 Å². The number of ether oxygens (including phenoxy) is 1. The number of halogens is 1. The lowest BCUT2D eigenvalue weighted by Gasteiger charge is -2.15. The van der Waals surface area contributed by atoms with Gasteiger partial charge in [0, 0.05) is 16.8 Å². The van der Waals surface area contributed by atoms with Gasteiger partial charge in [-0.2, -0.15) is 9.50 Å². The normalized spacial score (nSPS) is 11.3. The highest BCUT2D eigenvalue weighted by Gasteiger charge is 2.17. The number of nitrogens with one attached hydrogen (secondary N) is 1. The molecule has 0 aliphatic carbocycles. The molecule has 0 spiro atoms. The van der Waals surface area contributed by atoms with Crippen LogP contribution in [0.2, 0.25) is 5.02 Å². The van der Waals surface area contributed by atoms with E-state index >= 15 is 0 Å². The standard InChI is InChI=1S/C21H16ClN7O3S/c1-32-16-5-3-2-4-15(16)28-18(31)13-7-6-11(22)8-14(13)25-21(28)33-10-12-9-17(30)29-20(24-12)26-19(23)27-29/h2-9H,10H2,1H3,(H3,23,24,26,27). The molecule has 3 N–H and O–H groups in total. The van der Waals surface area contributed by atoms with Gasteiger partial charge in [-0.15, -0.1) is 0 Å². The quantitative estimate of drug-likeness (QED) is 0.289. The molecule has 0 atom stereocenters. The van der Waals surface area contributed by atoms with E-state index in [0.717, 1.165) is 4.52 Å². The van der Waals surface area contributed by atoms with Crippen LogP contribution in [0.4, 0.5) is 5.95 Å². The lowest BCUT2D eigenvalue weighted by atomic mass is 10.2. The smallest absolute Gasteiger partial charge is 0.274 e. The van der Waals surface area contributed by atoms with E-state index in [1.54, 1.807) is 30.3 Å². The third-order valence-electron chi connectivity index (χ3n) is 4.88. The van der Waals surface area contributed by atoms with Gasteiger partial charge in [0.1, 0.15) is 5.75 Å². The fourth-order valence-corrected chi connectivity index (χ4v) is 4.48. The number of anilines is 1. The second-order valence-electron chi connectivity index (χ2n) is 6.99. The number of fused-ring (bicyclic) bond motifs is 2. The molecule has 5 aromatic rings. The summed E-state index contributed by atoms with van der Waals surface area (Å²) in [7, 11) is 1.53. The van der Waals surface area contributed by atoms with Crippen molar-refractivity contribution >= 4 is 46.0 Å². The predicted molar refractivity (Wildman–Crippen MR) is 126 cm³/mol. The molecule has 0 aliphatic heterocycles. The summed E-state index contributed by atoms with van der Waals surface area (Å²) >= 11 is 7.38. The van der Waals surface area contributed by atoms with E-state index in [4.69, 9.17) is 22.1 Å². The number of nitrogen functional groups attached to an aromatic ring is 1. The zero-order valence-corrected chi connectivity index (χ0v) is 18.7. The number of thioether (sulfide) groups is 1. The first-order chi connectivity index (χ1) is 15.9. The van der Waals surface area contributed by atoms with Crippen LogP contribution in [-0.4, -0.2) is 36.2 Å². The first-order valence-electron chi connectivity index (χ1n) is 9.67. The number of aromatic nitrogens is 6. The monoisotopic (exact) mass is 481 g/mol. The Hall–Kier alpha value is -3.83. The summed E-state index contributed by atoms with van der Waals surface area (Å²) in [5.41, 5.74) is 6.47. The van der Waals surface area contributed by atoms with Crippen molar-refractivity contribution in [1.29, 1.82) is 0 Å². The van der Waals surface area contributed by atoms with Crippen molar-refractivity contribution in [3.05, 3.63) is 80.0 Å². The van der Waals surface area contributed by atoms with Crippen LogP contribution in [0.3, 0.4) is 0 Å². The van der Waals surface area contributed by atoms with Crippen LogP contribution in [0.1, 0.15) is 5.69 Å². The summed E-state index contributed by atoms with van der Waals surface area (Å²) < 4.78 is 8.11. The number of hydrogen-bond acceptors (Lipinski definition) is 8. The second-order valence-corrected chi connectivity index (χ2v) is 8.37. The number of benzene rings is 2. The number of H-pyrrole nitrogens is 1. The number of rotatable bonds is 5. The zero-order valence-electron chi connectivity index (χ0n) is 17.2. The molecular formula is C21H16ClN7O3S. The van der Waals surface area contributed by atoms with Gasteiger partial charge in [0.2, 0.25) is 5.95 Å². The van der Waals surface area contributed by atoms with Crippen molar-refractivity contribution in [1.82, 2.24) is 29.1 Å². The molecule has 166 valence electrons. The lowest BCUT2D eigenvalue weighted by molar-refractivity contribution is 0.411. The van der Waals surface area contributed by atoms with Crippen LogP contribution in [0.25, 0.3) is 22.4 Å². The van der Waals surface area contributed by atoms with E-state index in [1.807, 2.05) is 12.1 Å². The summed E-state index contributed by atoms with van der Waals surface area (Å²) in [4.78, 5) is 38.9. The molecule has 0 bridgehead atoms. The fraction of sp³-hybridized carbons (Fsp3) is 0.0952. The second kappa shape index (κ2) is 8.26. The maximum atomic E-state index is 13.5. The molecule has 3 aromatic heterocycles. The molecule has 0 saturated heterocycles. The van der Waals surface area contributed by atoms with Crippen molar-refractivity contribution in [2.45, 2.75) is 10.9 Å². The van der Waals surface area contributed by atoms with Crippen LogP contribution >= 0.6 is 23.4 Å². The first-order valence-corrected chi connectivity index (χ1v) is 11.0. The Labute approximate surface area is 195 Å². The highest BCUT2D eigenvalue weighted by Crippen LogP contribution is 2.29. The number of para-hydroxylation sites is 2. The van der Waals surface area contributed by atoms with Gasteiger partial charge in [-0.25, -0.2) is 9.97 Å². The van der Waals surface area contributed by atoms with Gasteiger partial charge >= 0.3 is 0 Å². The van der Waals surface area contributed by atoms with E-state index in [9.17, 15) is 9.59 Å². The first kappa shape index (κ1) is 21.0. The van der Waals surface area contributed by atoms with E-state index in [-0.39, 0.29) is 28.6 Å². The van der Waals surface area contributed by atoms with Crippen molar-refractivity contribution in [2.75, 3.05) is 12.8 Å². The molecule has 0 aliphatic rings. The molecule has 0 unspecified atom stereocenters. The topological polar surface area (TPSA) is 133 Å². The summed E-state index contributed by atoms with van der Waals surface area (Å²) in [5.74, 6) is 1.02. The van der Waals surface area contributed by atoms with Crippen molar-refractivity contribution in [3.63, 3.8) is 0 Å². The van der Waals surface area contributed by atoms with E-state index in [2.05, 4.69) is 20.1 Å². The minimum Gasteiger partial charge on any atom is -0.495 e. The van der Waals surface area contributed by atoms with Crippen LogP contribution < -0.4 is 21.6 Å². The molecule has 0 saturated carbocycles. The molecule has 2 aromatic carbocycles. The van der Waals surface area contributed by atoms with Gasteiger partial charge in [0.05, 0.1) is 29.4 Å². The highest BCUT2D eigenvalue weighted by molar-refractivity contribution is 7.98. The summed E-state index contributed by atoms with van der Waals surface area (Å²) in [6.07, 6.45) is 0. The Bertz CT molecular complexity index is 1640. The molecule has 0 fully saturated rings. The number of nitrogens with zero attached hydrogens (tertiary/aromatic N) is 5.